The Hall–Kier alpha value is -1.55. The second-order valence-corrected chi connectivity index (χ2v) is 2.80. The van der Waals surface area contributed by atoms with Crippen molar-refractivity contribution in [1.29, 1.82) is 0 Å². The van der Waals surface area contributed by atoms with E-state index in [1.165, 1.54) is 24.6 Å². The number of ketones is 1. The van der Waals surface area contributed by atoms with Gasteiger partial charge in [-0.25, -0.2) is 4.79 Å². The summed E-state index contributed by atoms with van der Waals surface area (Å²) in [5.41, 5.74) is 1.12. The van der Waals surface area contributed by atoms with Gasteiger partial charge in [0.1, 0.15) is 0 Å². The summed E-state index contributed by atoms with van der Waals surface area (Å²) in [6.07, 6.45) is 0. The van der Waals surface area contributed by atoms with Crippen molar-refractivity contribution in [3.05, 3.63) is 35.4 Å². The van der Waals surface area contributed by atoms with Crippen LogP contribution in [0, 0.1) is 0 Å². The first-order valence-corrected chi connectivity index (χ1v) is 4.34. The van der Waals surface area contributed by atoms with Crippen molar-refractivity contribution in [2.75, 3.05) is 7.11 Å². The molecule has 3 nitrogen and oxygen atoms in total. The third kappa shape index (κ3) is 2.23. The zero-order valence-electron chi connectivity index (χ0n) is 7.52. The molecule has 0 aliphatic carbocycles. The van der Waals surface area contributed by atoms with E-state index in [4.69, 9.17) is 12.2 Å². The van der Waals surface area contributed by atoms with E-state index in [9.17, 15) is 9.59 Å². The Bertz CT molecular complexity index is 367. The number of methoxy groups -OCH3 is 1. The highest BCUT2D eigenvalue weighted by molar-refractivity contribution is 7.79. The van der Waals surface area contributed by atoms with Gasteiger partial charge in [-0.2, -0.15) is 0 Å². The van der Waals surface area contributed by atoms with Gasteiger partial charge in [0.15, 0.2) is 0 Å². The summed E-state index contributed by atoms with van der Waals surface area (Å²) in [5, 5.41) is 1.49. The topological polar surface area (TPSA) is 43.4 Å². The standard InChI is InChI=1S/C10H8O3S/c1-13-10(12)9(11)8-4-2-7(6-14)3-5-8/h2-6H,1H3. The molecule has 0 saturated carbocycles. The maximum Gasteiger partial charge on any atom is 0.379 e. The van der Waals surface area contributed by atoms with Crippen molar-refractivity contribution in [2.45, 2.75) is 0 Å². The van der Waals surface area contributed by atoms with Crippen LogP contribution in [0.1, 0.15) is 15.9 Å². The van der Waals surface area contributed by atoms with Gasteiger partial charge in [0.05, 0.1) is 7.11 Å². The van der Waals surface area contributed by atoms with Gasteiger partial charge in [0.25, 0.3) is 5.78 Å². The van der Waals surface area contributed by atoms with Crippen LogP contribution in [0.15, 0.2) is 24.3 Å². The quantitative estimate of drug-likeness (QED) is 0.326. The van der Waals surface area contributed by atoms with E-state index < -0.39 is 11.8 Å². The predicted molar refractivity (Wildman–Crippen MR) is 55.5 cm³/mol. The number of benzene rings is 1. The summed E-state index contributed by atoms with van der Waals surface area (Å²) in [4.78, 5) is 22.1. The molecule has 0 aliphatic rings. The van der Waals surface area contributed by atoms with Gasteiger partial charge >= 0.3 is 5.97 Å². The molecule has 0 aliphatic heterocycles. The molecule has 0 fully saturated rings. The van der Waals surface area contributed by atoms with E-state index in [1.54, 1.807) is 12.1 Å². The predicted octanol–water partition coefficient (Wildman–Crippen LogP) is 1.39. The highest BCUT2D eigenvalue weighted by atomic mass is 32.1. The SMILES string of the molecule is COC(=O)C(=O)c1ccc(C=S)cc1. The van der Waals surface area contributed by atoms with Gasteiger partial charge in [-0.15, -0.1) is 0 Å². The van der Waals surface area contributed by atoms with E-state index in [1.807, 2.05) is 0 Å². The van der Waals surface area contributed by atoms with Crippen LogP contribution in [0.5, 0.6) is 0 Å². The minimum absolute atomic E-state index is 0.303. The largest absolute Gasteiger partial charge is 0.463 e. The Morgan fingerprint density at radius 2 is 1.86 bits per heavy atom. The molecule has 0 spiro atoms. The zero-order valence-corrected chi connectivity index (χ0v) is 8.34. The van der Waals surface area contributed by atoms with E-state index in [0.717, 1.165) is 5.56 Å². The molecular weight excluding hydrogens is 200 g/mol. The second-order valence-electron chi connectivity index (χ2n) is 2.56. The first kappa shape index (κ1) is 10.5. The molecule has 4 heteroatoms. The fourth-order valence-electron chi connectivity index (χ4n) is 0.924. The van der Waals surface area contributed by atoms with Crippen molar-refractivity contribution >= 4 is 29.3 Å². The maximum absolute atomic E-state index is 11.3. The number of thiocarbonyl (C=S) groups is 1. The molecule has 1 aromatic carbocycles. The number of Topliss-reactive ketones (excluding diaryl/α,β-unsaturated/α-hetero) is 1. The van der Waals surface area contributed by atoms with Crippen LogP contribution in [-0.4, -0.2) is 24.2 Å². The average molecular weight is 208 g/mol. The summed E-state index contributed by atoms with van der Waals surface area (Å²) in [5.74, 6) is -1.51. The summed E-state index contributed by atoms with van der Waals surface area (Å²) in [6, 6.07) is 6.42. The lowest BCUT2D eigenvalue weighted by Gasteiger charge is -1.98. The molecule has 0 saturated heterocycles. The molecule has 72 valence electrons. The molecule has 0 N–H and O–H groups in total. The first-order chi connectivity index (χ1) is 6.69. The number of hydrogen-bond donors (Lipinski definition) is 0. The van der Waals surface area contributed by atoms with Crippen LogP contribution in [-0.2, 0) is 9.53 Å². The monoisotopic (exact) mass is 208 g/mol. The number of esters is 1. The summed E-state index contributed by atoms with van der Waals surface area (Å²) >= 11 is 4.70. The number of rotatable bonds is 3. The fraction of sp³-hybridized carbons (Fsp3) is 0.100. The van der Waals surface area contributed by atoms with Crippen LogP contribution in [0.2, 0.25) is 0 Å². The Labute approximate surface area is 86.7 Å². The Morgan fingerprint density at radius 1 is 1.29 bits per heavy atom. The Morgan fingerprint density at radius 3 is 2.29 bits per heavy atom. The second kappa shape index (κ2) is 4.62. The van der Waals surface area contributed by atoms with Crippen molar-refractivity contribution < 1.29 is 14.3 Å². The molecule has 0 radical (unpaired) electrons. The molecule has 0 amide bonds. The maximum atomic E-state index is 11.3. The van der Waals surface area contributed by atoms with Crippen LogP contribution in [0.4, 0.5) is 0 Å². The van der Waals surface area contributed by atoms with Crippen LogP contribution in [0.25, 0.3) is 0 Å². The molecule has 0 atom stereocenters. The van der Waals surface area contributed by atoms with Crippen LogP contribution >= 0.6 is 12.2 Å². The molecule has 0 aromatic heterocycles. The lowest BCUT2D eigenvalue weighted by molar-refractivity contribution is -0.135. The molecule has 0 bridgehead atoms. The third-order valence-electron chi connectivity index (χ3n) is 1.68. The lowest BCUT2D eigenvalue weighted by Crippen LogP contribution is -2.15. The van der Waals surface area contributed by atoms with E-state index >= 15 is 0 Å². The number of carbonyl (C=O) groups is 2. The number of ether oxygens (including phenoxy) is 1. The van der Waals surface area contributed by atoms with E-state index in [0.29, 0.717) is 5.56 Å². The van der Waals surface area contributed by atoms with Crippen molar-refractivity contribution in [3.63, 3.8) is 0 Å². The van der Waals surface area contributed by atoms with Crippen LogP contribution in [0.3, 0.4) is 0 Å². The van der Waals surface area contributed by atoms with E-state index in [2.05, 4.69) is 4.74 Å². The van der Waals surface area contributed by atoms with Gasteiger partial charge < -0.3 is 4.74 Å². The molecule has 1 aromatic rings. The molecule has 0 unspecified atom stereocenters. The minimum Gasteiger partial charge on any atom is -0.463 e. The average Bonchev–Trinajstić information content (AvgIpc) is 2.27. The molecule has 0 heterocycles. The smallest absolute Gasteiger partial charge is 0.379 e. The first-order valence-electron chi connectivity index (χ1n) is 3.87. The minimum atomic E-state index is -0.861. The summed E-state index contributed by atoms with van der Waals surface area (Å²) in [6.45, 7) is 0. The van der Waals surface area contributed by atoms with Crippen molar-refractivity contribution in [1.82, 2.24) is 0 Å². The van der Waals surface area contributed by atoms with Crippen molar-refractivity contribution in [2.24, 2.45) is 0 Å². The zero-order chi connectivity index (χ0) is 10.6. The van der Waals surface area contributed by atoms with E-state index in [-0.39, 0.29) is 0 Å². The van der Waals surface area contributed by atoms with Crippen LogP contribution < -0.4 is 0 Å². The number of hydrogen-bond acceptors (Lipinski definition) is 4. The normalized spacial score (nSPS) is 9.21. The number of carbonyl (C=O) groups excluding carboxylic acids is 2. The van der Waals surface area contributed by atoms with Gasteiger partial charge in [-0.1, -0.05) is 36.5 Å². The highest BCUT2D eigenvalue weighted by Crippen LogP contribution is 2.04. The molecular formula is C10H8O3S. The Balaban J connectivity index is 2.92. The lowest BCUT2D eigenvalue weighted by atomic mass is 10.1. The van der Waals surface area contributed by atoms with Gasteiger partial charge in [0, 0.05) is 10.9 Å². The fourth-order valence-corrected chi connectivity index (χ4v) is 1.08. The van der Waals surface area contributed by atoms with Gasteiger partial charge in [-0.05, 0) is 5.56 Å². The van der Waals surface area contributed by atoms with Gasteiger partial charge in [0.2, 0.25) is 0 Å². The molecule has 1 rings (SSSR count). The van der Waals surface area contributed by atoms with Crippen molar-refractivity contribution in [3.8, 4) is 0 Å². The third-order valence-corrected chi connectivity index (χ3v) is 1.95. The Kier molecular flexibility index (Phi) is 3.48. The summed E-state index contributed by atoms with van der Waals surface area (Å²) in [7, 11) is 1.17. The highest BCUT2D eigenvalue weighted by Gasteiger charge is 2.15. The molecule has 14 heavy (non-hydrogen) atoms. The van der Waals surface area contributed by atoms with Gasteiger partial charge in [-0.3, -0.25) is 4.79 Å². The summed E-state index contributed by atoms with van der Waals surface area (Å²) < 4.78 is 4.31.